The second-order valence-electron chi connectivity index (χ2n) is 7.65. The maximum Gasteiger partial charge on any atom is 0.0230 e. The molecule has 0 aliphatic rings. The number of aryl methyl sites for hydroxylation is 1. The summed E-state index contributed by atoms with van der Waals surface area (Å²) in [6.07, 6.45) is 18.4. The van der Waals surface area contributed by atoms with Gasteiger partial charge in [0, 0.05) is 6.54 Å². The third kappa shape index (κ3) is 13.3. The number of rotatable bonds is 15. The van der Waals surface area contributed by atoms with Crippen LogP contribution < -0.4 is 0 Å². The van der Waals surface area contributed by atoms with Crippen LogP contribution in [0, 0.1) is 0 Å². The molecule has 0 spiro atoms. The van der Waals surface area contributed by atoms with Crippen molar-refractivity contribution in [3.63, 3.8) is 0 Å². The van der Waals surface area contributed by atoms with Gasteiger partial charge in [-0.05, 0) is 38.1 Å². The van der Waals surface area contributed by atoms with Crippen LogP contribution in [0.4, 0.5) is 0 Å². The van der Waals surface area contributed by atoms with Crippen LogP contribution in [0.2, 0.25) is 0 Å². The van der Waals surface area contributed by atoms with Crippen LogP contribution in [0.5, 0.6) is 0 Å². The number of benzene rings is 1. The van der Waals surface area contributed by atoms with E-state index in [4.69, 9.17) is 0 Å². The van der Waals surface area contributed by atoms with Crippen molar-refractivity contribution in [3.8, 4) is 0 Å². The molecule has 0 radical (unpaired) electrons. The topological polar surface area (TPSA) is 3.24 Å². The smallest absolute Gasteiger partial charge is 0.0230 e. The quantitative estimate of drug-likeness (QED) is 0.291. The van der Waals surface area contributed by atoms with Gasteiger partial charge in [0.2, 0.25) is 0 Å². The van der Waals surface area contributed by atoms with Crippen LogP contribution >= 0.6 is 12.4 Å². The van der Waals surface area contributed by atoms with Crippen LogP contribution in [0.15, 0.2) is 24.3 Å². The van der Waals surface area contributed by atoms with Crippen molar-refractivity contribution in [2.24, 2.45) is 0 Å². The van der Waals surface area contributed by atoms with E-state index < -0.39 is 0 Å². The molecule has 1 rings (SSSR count). The van der Waals surface area contributed by atoms with E-state index in [1.54, 1.807) is 5.56 Å². The molecule has 1 nitrogen and oxygen atoms in total. The zero-order valence-corrected chi connectivity index (χ0v) is 17.9. The molecular weight excluding hydrogens is 326 g/mol. The van der Waals surface area contributed by atoms with Crippen molar-refractivity contribution in [2.75, 3.05) is 14.1 Å². The molecule has 0 heterocycles. The Kier molecular flexibility index (Phi) is 16.6. The molecule has 146 valence electrons. The molecule has 25 heavy (non-hydrogen) atoms. The van der Waals surface area contributed by atoms with Gasteiger partial charge in [-0.2, -0.15) is 0 Å². The SMILES string of the molecule is CCCCCCCCCCCCCCc1ccccc1CN(C)C.Cl. The Morgan fingerprint density at radius 1 is 0.640 bits per heavy atom. The lowest BCUT2D eigenvalue weighted by molar-refractivity contribution is 0.400. The minimum atomic E-state index is 0. The summed E-state index contributed by atoms with van der Waals surface area (Å²) in [5, 5.41) is 0. The predicted octanol–water partition coefficient (Wildman–Crippen LogP) is 7.41. The summed E-state index contributed by atoms with van der Waals surface area (Å²) >= 11 is 0. The van der Waals surface area contributed by atoms with Gasteiger partial charge in [-0.15, -0.1) is 12.4 Å². The first-order valence-electron chi connectivity index (χ1n) is 10.5. The number of hydrogen-bond donors (Lipinski definition) is 0. The molecule has 0 aromatic heterocycles. The normalized spacial score (nSPS) is 10.9. The van der Waals surface area contributed by atoms with E-state index in [2.05, 4.69) is 50.2 Å². The molecule has 0 saturated carbocycles. The van der Waals surface area contributed by atoms with Gasteiger partial charge in [-0.25, -0.2) is 0 Å². The summed E-state index contributed by atoms with van der Waals surface area (Å²) in [7, 11) is 4.31. The van der Waals surface area contributed by atoms with E-state index in [9.17, 15) is 0 Å². The predicted molar refractivity (Wildman–Crippen MR) is 116 cm³/mol. The lowest BCUT2D eigenvalue weighted by Crippen LogP contribution is -2.12. The summed E-state index contributed by atoms with van der Waals surface area (Å²) in [6, 6.07) is 8.97. The van der Waals surface area contributed by atoms with Gasteiger partial charge < -0.3 is 4.90 Å². The summed E-state index contributed by atoms with van der Waals surface area (Å²) in [5.74, 6) is 0. The summed E-state index contributed by atoms with van der Waals surface area (Å²) < 4.78 is 0. The van der Waals surface area contributed by atoms with Crippen molar-refractivity contribution in [2.45, 2.75) is 96.9 Å². The first kappa shape index (κ1) is 24.5. The van der Waals surface area contributed by atoms with Crippen LogP contribution in [0.25, 0.3) is 0 Å². The molecule has 0 atom stereocenters. The Balaban J connectivity index is 0.00000576. The molecule has 1 aromatic carbocycles. The average Bonchev–Trinajstić information content (AvgIpc) is 2.57. The fraction of sp³-hybridized carbons (Fsp3) is 0.739. The molecule has 1 aromatic rings. The van der Waals surface area contributed by atoms with Crippen molar-refractivity contribution >= 4 is 12.4 Å². The zero-order chi connectivity index (χ0) is 17.5. The van der Waals surface area contributed by atoms with Crippen molar-refractivity contribution in [1.29, 1.82) is 0 Å². The summed E-state index contributed by atoms with van der Waals surface area (Å²) in [5.41, 5.74) is 3.06. The maximum absolute atomic E-state index is 2.32. The van der Waals surface area contributed by atoms with Crippen LogP contribution in [0.3, 0.4) is 0 Å². The van der Waals surface area contributed by atoms with Gasteiger partial charge in [0.1, 0.15) is 0 Å². The highest BCUT2D eigenvalue weighted by molar-refractivity contribution is 5.85. The second kappa shape index (κ2) is 16.9. The molecule has 0 unspecified atom stereocenters. The zero-order valence-electron chi connectivity index (χ0n) is 17.1. The third-order valence-electron chi connectivity index (χ3n) is 4.90. The van der Waals surface area contributed by atoms with Crippen molar-refractivity contribution < 1.29 is 0 Å². The highest BCUT2D eigenvalue weighted by Crippen LogP contribution is 2.16. The Morgan fingerprint density at radius 3 is 1.56 bits per heavy atom. The number of hydrogen-bond acceptors (Lipinski definition) is 1. The standard InChI is InChI=1S/C23H41N.ClH/c1-4-5-6-7-8-9-10-11-12-13-14-15-18-22-19-16-17-20-23(22)21-24(2)3;/h16-17,19-20H,4-15,18,21H2,1-3H3;1H. The Morgan fingerprint density at radius 2 is 1.08 bits per heavy atom. The molecule has 0 bridgehead atoms. The molecule has 0 aliphatic carbocycles. The highest BCUT2D eigenvalue weighted by atomic mass is 35.5. The van der Waals surface area contributed by atoms with Gasteiger partial charge in [-0.1, -0.05) is 102 Å². The molecular formula is C23H42ClN. The number of unbranched alkanes of at least 4 members (excludes halogenated alkanes) is 11. The van der Waals surface area contributed by atoms with Gasteiger partial charge >= 0.3 is 0 Å². The molecule has 0 saturated heterocycles. The molecule has 0 amide bonds. The largest absolute Gasteiger partial charge is 0.305 e. The number of nitrogens with zero attached hydrogens (tertiary/aromatic N) is 1. The first-order chi connectivity index (χ1) is 11.7. The van der Waals surface area contributed by atoms with Gasteiger partial charge in [0.25, 0.3) is 0 Å². The Bertz CT molecular complexity index is 403. The van der Waals surface area contributed by atoms with Gasteiger partial charge in [0.15, 0.2) is 0 Å². The molecule has 2 heteroatoms. The Labute approximate surface area is 164 Å². The fourth-order valence-corrected chi connectivity index (χ4v) is 3.45. The van der Waals surface area contributed by atoms with Crippen LogP contribution in [-0.4, -0.2) is 19.0 Å². The lowest BCUT2D eigenvalue weighted by Gasteiger charge is -2.14. The lowest BCUT2D eigenvalue weighted by atomic mass is 10.00. The van der Waals surface area contributed by atoms with Gasteiger partial charge in [0.05, 0.1) is 0 Å². The van der Waals surface area contributed by atoms with Crippen LogP contribution in [0.1, 0.15) is 95.1 Å². The molecule has 0 N–H and O–H groups in total. The minimum Gasteiger partial charge on any atom is -0.305 e. The Hall–Kier alpha value is -0.530. The van der Waals surface area contributed by atoms with E-state index in [-0.39, 0.29) is 12.4 Å². The minimum absolute atomic E-state index is 0. The molecule has 0 fully saturated rings. The van der Waals surface area contributed by atoms with Crippen molar-refractivity contribution in [3.05, 3.63) is 35.4 Å². The van der Waals surface area contributed by atoms with Gasteiger partial charge in [-0.3, -0.25) is 0 Å². The fourth-order valence-electron chi connectivity index (χ4n) is 3.45. The molecule has 0 aliphatic heterocycles. The van der Waals surface area contributed by atoms with E-state index >= 15 is 0 Å². The maximum atomic E-state index is 2.32. The number of halogens is 1. The highest BCUT2D eigenvalue weighted by Gasteiger charge is 2.02. The average molecular weight is 368 g/mol. The van der Waals surface area contributed by atoms with Crippen LogP contribution in [-0.2, 0) is 13.0 Å². The van der Waals surface area contributed by atoms with E-state index in [0.29, 0.717) is 0 Å². The monoisotopic (exact) mass is 367 g/mol. The first-order valence-corrected chi connectivity index (χ1v) is 10.5. The van der Waals surface area contributed by atoms with E-state index in [0.717, 1.165) is 6.54 Å². The summed E-state index contributed by atoms with van der Waals surface area (Å²) in [6.45, 7) is 3.36. The second-order valence-corrected chi connectivity index (χ2v) is 7.65. The van der Waals surface area contributed by atoms with E-state index in [1.807, 2.05) is 0 Å². The summed E-state index contributed by atoms with van der Waals surface area (Å²) in [4.78, 5) is 2.26. The van der Waals surface area contributed by atoms with Crippen molar-refractivity contribution in [1.82, 2.24) is 4.90 Å². The third-order valence-corrected chi connectivity index (χ3v) is 4.90. The van der Waals surface area contributed by atoms with E-state index in [1.165, 1.54) is 89.0 Å².